The molecule has 0 spiro atoms. The fourth-order valence-corrected chi connectivity index (χ4v) is 3.70. The molecule has 0 aromatic carbocycles. The molecular formula is C14H27NO2. The number of nitrogens with zero attached hydrogens (tertiary/aromatic N) is 1. The van der Waals surface area contributed by atoms with Crippen molar-refractivity contribution in [3.63, 3.8) is 0 Å². The smallest absolute Gasteiger partial charge is 0.303 e. The second-order valence-corrected chi connectivity index (χ2v) is 6.37. The van der Waals surface area contributed by atoms with Crippen LogP contribution in [0.1, 0.15) is 52.4 Å². The van der Waals surface area contributed by atoms with Crippen LogP contribution in [-0.2, 0) is 4.79 Å². The summed E-state index contributed by atoms with van der Waals surface area (Å²) in [6, 6.07) is 0.374. The van der Waals surface area contributed by atoms with Crippen molar-refractivity contribution < 1.29 is 9.90 Å². The number of hydrogen-bond donors (Lipinski definition) is 1. The number of aliphatic carboxylic acids is 1. The maximum absolute atomic E-state index is 11.0. The van der Waals surface area contributed by atoms with Gasteiger partial charge in [-0.15, -0.1) is 0 Å². The van der Waals surface area contributed by atoms with Gasteiger partial charge < -0.3 is 10.0 Å². The van der Waals surface area contributed by atoms with E-state index in [1.54, 1.807) is 0 Å². The average Bonchev–Trinajstić information content (AvgIpc) is 2.15. The minimum Gasteiger partial charge on any atom is -0.481 e. The molecular weight excluding hydrogens is 214 g/mol. The maximum Gasteiger partial charge on any atom is 0.303 e. The zero-order valence-electron chi connectivity index (χ0n) is 11.7. The molecule has 0 aromatic rings. The first kappa shape index (κ1) is 14.5. The van der Waals surface area contributed by atoms with Crippen molar-refractivity contribution in [1.82, 2.24) is 4.90 Å². The molecule has 0 heterocycles. The average molecular weight is 241 g/mol. The Labute approximate surface area is 105 Å². The Kier molecular flexibility index (Phi) is 4.99. The van der Waals surface area contributed by atoms with Crippen molar-refractivity contribution in [2.24, 2.45) is 11.3 Å². The molecule has 1 fully saturated rings. The summed E-state index contributed by atoms with van der Waals surface area (Å²) in [7, 11) is 4.17. The zero-order chi connectivity index (χ0) is 13.1. The summed E-state index contributed by atoms with van der Waals surface area (Å²) in [6.45, 7) is 4.20. The van der Waals surface area contributed by atoms with Gasteiger partial charge in [-0.2, -0.15) is 0 Å². The molecule has 0 aromatic heterocycles. The molecule has 3 heteroatoms. The van der Waals surface area contributed by atoms with Crippen LogP contribution in [0.5, 0.6) is 0 Å². The molecule has 17 heavy (non-hydrogen) atoms. The first-order chi connectivity index (χ1) is 7.84. The summed E-state index contributed by atoms with van der Waals surface area (Å²) < 4.78 is 0. The van der Waals surface area contributed by atoms with Crippen LogP contribution in [0.4, 0.5) is 0 Å². The van der Waals surface area contributed by atoms with Gasteiger partial charge in [-0.1, -0.05) is 33.1 Å². The van der Waals surface area contributed by atoms with Gasteiger partial charge >= 0.3 is 5.97 Å². The van der Waals surface area contributed by atoms with E-state index in [9.17, 15) is 4.79 Å². The molecule has 1 unspecified atom stereocenters. The lowest BCUT2D eigenvalue weighted by atomic mass is 9.70. The maximum atomic E-state index is 11.0. The highest BCUT2D eigenvalue weighted by molar-refractivity contribution is 5.67. The third-order valence-corrected chi connectivity index (χ3v) is 4.06. The van der Waals surface area contributed by atoms with Crippen LogP contribution in [-0.4, -0.2) is 36.1 Å². The number of carboxylic acid groups (broad SMARTS) is 1. The van der Waals surface area contributed by atoms with E-state index >= 15 is 0 Å². The first-order valence-corrected chi connectivity index (χ1v) is 6.73. The van der Waals surface area contributed by atoms with Crippen molar-refractivity contribution in [3.8, 4) is 0 Å². The molecule has 1 saturated carbocycles. The summed E-state index contributed by atoms with van der Waals surface area (Å²) in [5.41, 5.74) is -0.155. The molecule has 0 saturated heterocycles. The standard InChI is InChI=1S/C14H27NO2/c1-14(2,10-12(16)17)13(15(3)4)11-8-6-5-7-9-11/h11,13H,5-10H2,1-4H3,(H,16,17). The van der Waals surface area contributed by atoms with Crippen LogP contribution in [0.15, 0.2) is 0 Å². The largest absolute Gasteiger partial charge is 0.481 e. The SMILES string of the molecule is CN(C)C(C1CCCCC1)C(C)(C)CC(=O)O. The van der Waals surface area contributed by atoms with Crippen LogP contribution in [0.3, 0.4) is 0 Å². The van der Waals surface area contributed by atoms with Gasteiger partial charge in [-0.05, 0) is 38.3 Å². The number of carbonyl (C=O) groups is 1. The topological polar surface area (TPSA) is 40.5 Å². The first-order valence-electron chi connectivity index (χ1n) is 6.73. The fraction of sp³-hybridized carbons (Fsp3) is 0.929. The third kappa shape index (κ3) is 3.98. The molecule has 1 aliphatic carbocycles. The Balaban J connectivity index is 2.79. The van der Waals surface area contributed by atoms with E-state index < -0.39 is 5.97 Å². The molecule has 100 valence electrons. The molecule has 0 bridgehead atoms. The fourth-order valence-electron chi connectivity index (χ4n) is 3.70. The lowest BCUT2D eigenvalue weighted by molar-refractivity contribution is -0.140. The van der Waals surface area contributed by atoms with Gasteiger partial charge in [0.25, 0.3) is 0 Å². The predicted molar refractivity (Wildman–Crippen MR) is 70.1 cm³/mol. The summed E-state index contributed by atoms with van der Waals surface area (Å²) in [4.78, 5) is 13.2. The number of carboxylic acids is 1. The Morgan fingerprint density at radius 2 is 1.82 bits per heavy atom. The molecule has 1 N–H and O–H groups in total. The lowest BCUT2D eigenvalue weighted by Gasteiger charge is -2.44. The molecule has 1 rings (SSSR count). The molecule has 0 amide bonds. The van der Waals surface area contributed by atoms with Gasteiger partial charge in [0.1, 0.15) is 0 Å². The number of rotatable bonds is 5. The Morgan fingerprint density at radius 1 is 1.29 bits per heavy atom. The van der Waals surface area contributed by atoms with E-state index in [1.807, 2.05) is 0 Å². The van der Waals surface area contributed by atoms with Crippen molar-refractivity contribution in [1.29, 1.82) is 0 Å². The summed E-state index contributed by atoms with van der Waals surface area (Å²) in [6.07, 6.45) is 6.72. The van der Waals surface area contributed by atoms with E-state index in [-0.39, 0.29) is 11.8 Å². The third-order valence-electron chi connectivity index (χ3n) is 4.06. The molecule has 0 aliphatic heterocycles. The Bertz CT molecular complexity index is 255. The van der Waals surface area contributed by atoms with Crippen LogP contribution in [0.2, 0.25) is 0 Å². The van der Waals surface area contributed by atoms with E-state index in [0.29, 0.717) is 12.0 Å². The van der Waals surface area contributed by atoms with Gasteiger partial charge in [0, 0.05) is 6.04 Å². The highest BCUT2D eigenvalue weighted by Gasteiger charge is 2.38. The molecule has 0 radical (unpaired) electrons. The predicted octanol–water partition coefficient (Wildman–Crippen LogP) is 3.00. The summed E-state index contributed by atoms with van der Waals surface area (Å²) >= 11 is 0. The highest BCUT2D eigenvalue weighted by atomic mass is 16.4. The molecule has 1 aliphatic rings. The minimum absolute atomic E-state index is 0.155. The van der Waals surface area contributed by atoms with E-state index in [1.165, 1.54) is 32.1 Å². The van der Waals surface area contributed by atoms with Gasteiger partial charge in [-0.3, -0.25) is 4.79 Å². The highest BCUT2D eigenvalue weighted by Crippen LogP contribution is 2.39. The van der Waals surface area contributed by atoms with Crippen LogP contribution in [0, 0.1) is 11.3 Å². The van der Waals surface area contributed by atoms with Crippen molar-refractivity contribution in [3.05, 3.63) is 0 Å². The van der Waals surface area contributed by atoms with E-state index in [2.05, 4.69) is 32.8 Å². The Hall–Kier alpha value is -0.570. The number of hydrogen-bond acceptors (Lipinski definition) is 2. The van der Waals surface area contributed by atoms with Crippen LogP contribution in [0.25, 0.3) is 0 Å². The van der Waals surface area contributed by atoms with Gasteiger partial charge in [0.15, 0.2) is 0 Å². The van der Waals surface area contributed by atoms with Crippen LogP contribution >= 0.6 is 0 Å². The zero-order valence-corrected chi connectivity index (χ0v) is 11.7. The van der Waals surface area contributed by atoms with Crippen molar-refractivity contribution in [2.75, 3.05) is 14.1 Å². The van der Waals surface area contributed by atoms with E-state index in [0.717, 1.165) is 0 Å². The van der Waals surface area contributed by atoms with Crippen LogP contribution < -0.4 is 0 Å². The van der Waals surface area contributed by atoms with Crippen molar-refractivity contribution >= 4 is 5.97 Å². The minimum atomic E-state index is -0.683. The second kappa shape index (κ2) is 5.85. The summed E-state index contributed by atoms with van der Waals surface area (Å²) in [5, 5.41) is 9.06. The van der Waals surface area contributed by atoms with Gasteiger partial charge in [0.05, 0.1) is 6.42 Å². The Morgan fingerprint density at radius 3 is 2.24 bits per heavy atom. The second-order valence-electron chi connectivity index (χ2n) is 6.37. The van der Waals surface area contributed by atoms with E-state index in [4.69, 9.17) is 5.11 Å². The molecule has 1 atom stereocenters. The molecule has 3 nitrogen and oxygen atoms in total. The van der Waals surface area contributed by atoms with Gasteiger partial charge in [0.2, 0.25) is 0 Å². The lowest BCUT2D eigenvalue weighted by Crippen LogP contribution is -2.48. The quantitative estimate of drug-likeness (QED) is 0.804. The van der Waals surface area contributed by atoms with Gasteiger partial charge in [-0.25, -0.2) is 0 Å². The van der Waals surface area contributed by atoms with Crippen molar-refractivity contribution in [2.45, 2.75) is 58.4 Å². The summed E-state index contributed by atoms with van der Waals surface area (Å²) in [5.74, 6) is -0.0224. The normalized spacial score (nSPS) is 20.5. The monoisotopic (exact) mass is 241 g/mol.